The van der Waals surface area contributed by atoms with Crippen LogP contribution in [0.1, 0.15) is 187 Å². The van der Waals surface area contributed by atoms with Crippen molar-refractivity contribution in [2.24, 2.45) is 0 Å². The number of nitrogens with zero attached hydrogens (tertiary/aromatic N) is 1. The van der Waals surface area contributed by atoms with E-state index in [9.17, 15) is 19.5 Å². The topological polar surface area (TPSA) is 102 Å². The summed E-state index contributed by atoms with van der Waals surface area (Å²) >= 11 is 0. The maximum absolute atomic E-state index is 12.7. The molecule has 8 nitrogen and oxygen atoms in total. The Morgan fingerprint density at radius 2 is 0.871 bits per heavy atom. The minimum Gasteiger partial charge on any atom is -0.544 e. The van der Waals surface area contributed by atoms with Crippen LogP contribution in [0.15, 0.2) is 85.1 Å². The number of carboxylic acids is 1. The average Bonchev–Trinajstić information content (AvgIpc) is 3.23. The summed E-state index contributed by atoms with van der Waals surface area (Å²) < 4.78 is 17.1. The van der Waals surface area contributed by atoms with Gasteiger partial charge in [-0.25, -0.2) is 0 Å². The van der Waals surface area contributed by atoms with E-state index in [1.807, 2.05) is 0 Å². The molecule has 0 bridgehead atoms. The van der Waals surface area contributed by atoms with Gasteiger partial charge in [0.2, 0.25) is 0 Å². The van der Waals surface area contributed by atoms with E-state index < -0.39 is 18.1 Å². The van der Waals surface area contributed by atoms with Crippen molar-refractivity contribution in [3.63, 3.8) is 0 Å². The SMILES string of the molecule is CCCCC/C=C/C/C=C/C/C=C/C/C=C/CCCCCCCC(=O)OCC(COCCC(C(=O)[O-])[N+](C)(C)C)OC(=O)CCC/C=C/C/C=C/C/C=C/CCCCCCCC. The molecule has 0 saturated heterocycles. The van der Waals surface area contributed by atoms with E-state index in [4.69, 9.17) is 14.2 Å². The van der Waals surface area contributed by atoms with Crippen molar-refractivity contribution in [2.75, 3.05) is 41.0 Å². The van der Waals surface area contributed by atoms with Crippen LogP contribution in [0.5, 0.6) is 0 Å². The highest BCUT2D eigenvalue weighted by molar-refractivity contribution is 5.70. The Bertz CT molecular complexity index is 1290. The molecule has 0 fully saturated rings. The van der Waals surface area contributed by atoms with E-state index in [0.717, 1.165) is 77.0 Å². The van der Waals surface area contributed by atoms with E-state index in [2.05, 4.69) is 98.9 Å². The molecule has 0 amide bonds. The Labute approximate surface area is 380 Å². The van der Waals surface area contributed by atoms with Gasteiger partial charge in [-0.3, -0.25) is 9.59 Å². The summed E-state index contributed by atoms with van der Waals surface area (Å²) in [5, 5.41) is 11.6. The third-order valence-corrected chi connectivity index (χ3v) is 10.5. The normalized spacial score (nSPS) is 13.6. The smallest absolute Gasteiger partial charge is 0.306 e. The summed E-state index contributed by atoms with van der Waals surface area (Å²) in [4.78, 5) is 37.0. The van der Waals surface area contributed by atoms with Crippen LogP contribution in [-0.2, 0) is 28.6 Å². The van der Waals surface area contributed by atoms with Crippen molar-refractivity contribution in [1.29, 1.82) is 0 Å². The van der Waals surface area contributed by atoms with Crippen LogP contribution in [0.4, 0.5) is 0 Å². The summed E-state index contributed by atoms with van der Waals surface area (Å²) in [6, 6.07) is -0.742. The number of unbranched alkanes of at least 4 members (excludes halogenated alkanes) is 15. The molecule has 62 heavy (non-hydrogen) atoms. The number of allylic oxidation sites excluding steroid dienone is 14. The lowest BCUT2D eigenvalue weighted by atomic mass is 10.1. The summed E-state index contributed by atoms with van der Waals surface area (Å²) in [6.45, 7) is 4.55. The van der Waals surface area contributed by atoms with Gasteiger partial charge >= 0.3 is 11.9 Å². The molecule has 2 atom stereocenters. The molecule has 354 valence electrons. The third-order valence-electron chi connectivity index (χ3n) is 10.5. The number of carbonyl (C=O) groups excluding carboxylic acids is 3. The summed E-state index contributed by atoms with van der Waals surface area (Å²) in [6.07, 6.45) is 57.6. The first-order chi connectivity index (χ1) is 30.1. The predicted molar refractivity (Wildman–Crippen MR) is 258 cm³/mol. The first-order valence-electron chi connectivity index (χ1n) is 24.6. The van der Waals surface area contributed by atoms with Crippen LogP contribution in [0.2, 0.25) is 0 Å². The molecule has 0 N–H and O–H groups in total. The molecule has 0 spiro atoms. The van der Waals surface area contributed by atoms with Crippen molar-refractivity contribution in [3.8, 4) is 0 Å². The van der Waals surface area contributed by atoms with Gasteiger partial charge in [0.1, 0.15) is 12.6 Å². The molecule has 0 aliphatic carbocycles. The Morgan fingerprint density at radius 1 is 0.484 bits per heavy atom. The number of likely N-dealkylation sites (N-methyl/N-ethyl adjacent to an activating group) is 1. The second-order valence-corrected chi connectivity index (χ2v) is 17.3. The Balaban J connectivity index is 4.41. The standard InChI is InChI=1S/C54H91NO7/c1-6-8-10-12-14-16-18-20-22-24-25-26-27-29-30-32-34-36-38-40-42-44-52(56)61-49-50(48-60-47-46-51(54(58)59)55(3,4)5)62-53(57)45-43-41-39-37-35-33-31-28-23-21-19-17-15-13-11-9-7-2/h14,16,20-23,25-26,29-31,33,37,39,50-51H,6-13,15,17-19,24,27-28,32,34-36,38,40-49H2,1-5H3/b16-14+,22-20+,23-21+,26-25+,30-29+,33-31+,39-37+. The number of quaternary nitrogens is 1. The van der Waals surface area contributed by atoms with Crippen molar-refractivity contribution >= 4 is 17.9 Å². The molecule has 0 radical (unpaired) electrons. The minimum atomic E-state index is -1.14. The molecule has 0 aromatic carbocycles. The molecule has 0 saturated carbocycles. The molecule has 0 rings (SSSR count). The van der Waals surface area contributed by atoms with E-state index >= 15 is 0 Å². The van der Waals surface area contributed by atoms with Gasteiger partial charge in [0.05, 0.1) is 40.3 Å². The second kappa shape index (κ2) is 44.1. The van der Waals surface area contributed by atoms with Crippen molar-refractivity contribution in [1.82, 2.24) is 0 Å². The number of aliphatic carboxylic acids is 1. The highest BCUT2D eigenvalue weighted by atomic mass is 16.6. The number of ether oxygens (including phenoxy) is 3. The average molecular weight is 866 g/mol. The lowest BCUT2D eigenvalue weighted by Gasteiger charge is -2.34. The van der Waals surface area contributed by atoms with Gasteiger partial charge in [0, 0.05) is 19.3 Å². The number of rotatable bonds is 43. The predicted octanol–water partition coefficient (Wildman–Crippen LogP) is 12.7. The molecule has 0 heterocycles. The fourth-order valence-electron chi connectivity index (χ4n) is 6.66. The third kappa shape index (κ3) is 41.8. The first-order valence-corrected chi connectivity index (χ1v) is 24.6. The largest absolute Gasteiger partial charge is 0.544 e. The zero-order chi connectivity index (χ0) is 45.6. The molecule has 0 aromatic heterocycles. The summed E-state index contributed by atoms with van der Waals surface area (Å²) in [5.41, 5.74) is 0. The zero-order valence-electron chi connectivity index (χ0n) is 40.3. The molecule has 0 aromatic rings. The van der Waals surface area contributed by atoms with E-state index in [-0.39, 0.29) is 49.1 Å². The molecule has 0 aliphatic rings. The van der Waals surface area contributed by atoms with Crippen LogP contribution >= 0.6 is 0 Å². The number of carbonyl (C=O) groups is 3. The van der Waals surface area contributed by atoms with Gasteiger partial charge in [-0.15, -0.1) is 0 Å². The van der Waals surface area contributed by atoms with Crippen molar-refractivity contribution in [3.05, 3.63) is 85.1 Å². The van der Waals surface area contributed by atoms with Crippen molar-refractivity contribution in [2.45, 2.75) is 199 Å². The number of hydrogen-bond donors (Lipinski definition) is 0. The van der Waals surface area contributed by atoms with Crippen LogP contribution < -0.4 is 5.11 Å². The quantitative estimate of drug-likeness (QED) is 0.0260. The van der Waals surface area contributed by atoms with E-state index in [0.29, 0.717) is 12.8 Å². The molecule has 0 aliphatic heterocycles. The Kier molecular flexibility index (Phi) is 41.6. The fourth-order valence-corrected chi connectivity index (χ4v) is 6.66. The maximum atomic E-state index is 12.7. The highest BCUT2D eigenvalue weighted by Crippen LogP contribution is 2.12. The van der Waals surface area contributed by atoms with Gasteiger partial charge < -0.3 is 28.6 Å². The molecule has 2 unspecified atom stereocenters. The van der Waals surface area contributed by atoms with Gasteiger partial charge in [0.15, 0.2) is 6.10 Å². The maximum Gasteiger partial charge on any atom is 0.306 e. The van der Waals surface area contributed by atoms with Crippen LogP contribution in [0.3, 0.4) is 0 Å². The second-order valence-electron chi connectivity index (χ2n) is 17.3. The van der Waals surface area contributed by atoms with Gasteiger partial charge in [0.25, 0.3) is 0 Å². The lowest BCUT2D eigenvalue weighted by Crippen LogP contribution is -2.55. The number of esters is 2. The number of hydrogen-bond acceptors (Lipinski definition) is 7. The van der Waals surface area contributed by atoms with Crippen LogP contribution in [0.25, 0.3) is 0 Å². The van der Waals surface area contributed by atoms with Crippen LogP contribution in [0, 0.1) is 0 Å². The molecular weight excluding hydrogens is 775 g/mol. The first kappa shape index (κ1) is 58.5. The highest BCUT2D eigenvalue weighted by Gasteiger charge is 2.25. The zero-order valence-corrected chi connectivity index (χ0v) is 40.3. The Morgan fingerprint density at radius 3 is 1.34 bits per heavy atom. The van der Waals surface area contributed by atoms with Crippen molar-refractivity contribution < 1.29 is 38.2 Å². The van der Waals surface area contributed by atoms with E-state index in [1.165, 1.54) is 70.6 Å². The monoisotopic (exact) mass is 866 g/mol. The fraction of sp³-hybridized carbons (Fsp3) is 0.685. The lowest BCUT2D eigenvalue weighted by molar-refractivity contribution is -0.889. The Hall–Kier alpha value is -3.49. The van der Waals surface area contributed by atoms with Crippen LogP contribution in [-0.4, -0.2) is 75.5 Å². The van der Waals surface area contributed by atoms with Gasteiger partial charge in [-0.2, -0.15) is 0 Å². The van der Waals surface area contributed by atoms with Gasteiger partial charge in [-0.1, -0.05) is 163 Å². The summed E-state index contributed by atoms with van der Waals surface area (Å²) in [5.74, 6) is -1.83. The minimum absolute atomic E-state index is 0.00977. The number of carboxylic acid groups (broad SMARTS) is 1. The van der Waals surface area contributed by atoms with Gasteiger partial charge in [-0.05, 0) is 89.9 Å². The van der Waals surface area contributed by atoms with E-state index in [1.54, 1.807) is 21.1 Å². The molecule has 8 heteroatoms. The summed E-state index contributed by atoms with van der Waals surface area (Å²) in [7, 11) is 5.38. The molecular formula is C54H91NO7.